The number of fused-ring (bicyclic) bond motifs is 2. The summed E-state index contributed by atoms with van der Waals surface area (Å²) in [7, 11) is -4.39. The molecular weight excluding hydrogens is 518 g/mol. The van der Waals surface area contributed by atoms with Gasteiger partial charge >= 0.3 is 6.18 Å². The second-order valence-electron chi connectivity index (χ2n) is 8.89. The molecule has 2 bridgehead atoms. The molecular formula is C23H23F4N5O2S2. The van der Waals surface area contributed by atoms with Crippen LogP contribution in [0.1, 0.15) is 42.5 Å². The Kier molecular flexibility index (Phi) is 6.64. The van der Waals surface area contributed by atoms with Crippen LogP contribution in [0.15, 0.2) is 46.2 Å². The second kappa shape index (κ2) is 9.60. The van der Waals surface area contributed by atoms with Gasteiger partial charge in [0.2, 0.25) is 0 Å². The SMILES string of the molecule is O=S(=O)(Nc1cscn1)c1ccc(NCc2c(F)cccc2CN2C3CCC2CC3)c(C(F)(F)F)n1. The van der Waals surface area contributed by atoms with E-state index in [-0.39, 0.29) is 17.9 Å². The Balaban J connectivity index is 1.39. The van der Waals surface area contributed by atoms with Crippen LogP contribution in [0.3, 0.4) is 0 Å². The first-order chi connectivity index (χ1) is 17.1. The first kappa shape index (κ1) is 24.9. The molecule has 2 aliphatic rings. The van der Waals surface area contributed by atoms with Gasteiger partial charge in [-0.2, -0.15) is 21.6 Å². The largest absolute Gasteiger partial charge is 0.435 e. The Labute approximate surface area is 209 Å². The third-order valence-electron chi connectivity index (χ3n) is 6.71. The van der Waals surface area contributed by atoms with E-state index in [4.69, 9.17) is 0 Å². The van der Waals surface area contributed by atoms with Crippen LogP contribution in [0, 0.1) is 5.82 Å². The number of benzene rings is 1. The van der Waals surface area contributed by atoms with Gasteiger partial charge in [-0.3, -0.25) is 9.62 Å². The maximum Gasteiger partial charge on any atom is 0.435 e. The standard InChI is InChI=1S/C23H23F4N5O2S2/c24-18-3-1-2-14(11-32-15-4-5-16(32)7-6-15)17(18)10-28-19-8-9-21(30-22(19)23(25,26)27)36(33,34)31-20-12-35-13-29-20/h1-3,8-9,12-13,15-16,28,31H,4-7,10-11H2. The van der Waals surface area contributed by atoms with E-state index in [1.807, 2.05) is 0 Å². The van der Waals surface area contributed by atoms with E-state index in [0.29, 0.717) is 18.6 Å². The molecule has 13 heteroatoms. The fourth-order valence-corrected chi connectivity index (χ4v) is 6.52. The summed E-state index contributed by atoms with van der Waals surface area (Å²) in [4.78, 5) is 9.53. The van der Waals surface area contributed by atoms with Crippen LogP contribution in [0.4, 0.5) is 29.1 Å². The number of anilines is 2. The molecule has 192 valence electrons. The number of aromatic nitrogens is 2. The molecule has 4 heterocycles. The van der Waals surface area contributed by atoms with Crippen LogP contribution in [-0.4, -0.2) is 35.4 Å². The lowest BCUT2D eigenvalue weighted by Crippen LogP contribution is -2.28. The van der Waals surface area contributed by atoms with Gasteiger partial charge in [-0.15, -0.1) is 11.3 Å². The van der Waals surface area contributed by atoms with E-state index in [9.17, 15) is 26.0 Å². The topological polar surface area (TPSA) is 87.2 Å². The van der Waals surface area contributed by atoms with E-state index in [0.717, 1.165) is 54.7 Å². The van der Waals surface area contributed by atoms with Crippen molar-refractivity contribution in [3.63, 3.8) is 0 Å². The van der Waals surface area contributed by atoms with E-state index in [1.54, 1.807) is 12.1 Å². The van der Waals surface area contributed by atoms with Gasteiger partial charge in [-0.05, 0) is 49.4 Å². The molecule has 0 radical (unpaired) electrons. The Bertz CT molecular complexity index is 1330. The third kappa shape index (κ3) is 5.04. The molecule has 0 saturated carbocycles. The van der Waals surface area contributed by atoms with Crippen molar-refractivity contribution in [2.45, 2.75) is 62.1 Å². The summed E-state index contributed by atoms with van der Waals surface area (Å²) in [6.07, 6.45) is -0.496. The maximum absolute atomic E-state index is 14.8. The predicted octanol–water partition coefficient (Wildman–Crippen LogP) is 5.24. The Hall–Kier alpha value is -2.77. The molecule has 0 atom stereocenters. The first-order valence-corrected chi connectivity index (χ1v) is 13.8. The maximum atomic E-state index is 14.8. The summed E-state index contributed by atoms with van der Waals surface area (Å²) >= 11 is 1.12. The number of alkyl halides is 3. The van der Waals surface area contributed by atoms with Crippen molar-refractivity contribution in [2.24, 2.45) is 0 Å². The molecule has 7 nitrogen and oxygen atoms in total. The number of halogens is 4. The first-order valence-electron chi connectivity index (χ1n) is 11.4. The number of hydrogen-bond donors (Lipinski definition) is 2. The lowest BCUT2D eigenvalue weighted by molar-refractivity contribution is -0.140. The van der Waals surface area contributed by atoms with Crippen LogP contribution in [0.2, 0.25) is 0 Å². The highest BCUT2D eigenvalue weighted by atomic mass is 32.2. The van der Waals surface area contributed by atoms with Gasteiger partial charge in [0.15, 0.2) is 16.5 Å². The minimum Gasteiger partial charge on any atom is -0.379 e. The van der Waals surface area contributed by atoms with E-state index < -0.39 is 38.4 Å². The van der Waals surface area contributed by atoms with Crippen molar-refractivity contribution in [3.8, 4) is 0 Å². The quantitative estimate of drug-likeness (QED) is 0.380. The van der Waals surface area contributed by atoms with E-state index >= 15 is 0 Å². The van der Waals surface area contributed by atoms with Crippen molar-refractivity contribution in [1.82, 2.24) is 14.9 Å². The normalized spacial score (nSPS) is 20.1. The lowest BCUT2D eigenvalue weighted by atomic mass is 10.0. The number of nitrogens with zero attached hydrogens (tertiary/aromatic N) is 3. The smallest absolute Gasteiger partial charge is 0.379 e. The molecule has 36 heavy (non-hydrogen) atoms. The number of thiazole rings is 1. The van der Waals surface area contributed by atoms with Crippen LogP contribution >= 0.6 is 11.3 Å². The summed E-state index contributed by atoms with van der Waals surface area (Å²) < 4.78 is 83.4. The van der Waals surface area contributed by atoms with Crippen molar-refractivity contribution in [3.05, 3.63) is 63.9 Å². The van der Waals surface area contributed by atoms with Crippen LogP contribution in [0.5, 0.6) is 0 Å². The van der Waals surface area contributed by atoms with Gasteiger partial charge in [0.25, 0.3) is 10.0 Å². The Morgan fingerprint density at radius 2 is 1.81 bits per heavy atom. The molecule has 3 aromatic rings. The van der Waals surface area contributed by atoms with Crippen LogP contribution in [0.25, 0.3) is 0 Å². The molecule has 1 aromatic carbocycles. The van der Waals surface area contributed by atoms with Gasteiger partial charge in [-0.1, -0.05) is 12.1 Å². The van der Waals surface area contributed by atoms with Crippen molar-refractivity contribution in [2.75, 3.05) is 10.0 Å². The molecule has 0 aliphatic carbocycles. The van der Waals surface area contributed by atoms with Gasteiger partial charge in [0, 0.05) is 36.1 Å². The third-order valence-corrected chi connectivity index (χ3v) is 8.56. The molecule has 2 aliphatic heterocycles. The fraction of sp³-hybridized carbons (Fsp3) is 0.391. The van der Waals surface area contributed by atoms with Crippen LogP contribution in [-0.2, 0) is 29.3 Å². The van der Waals surface area contributed by atoms with Gasteiger partial charge < -0.3 is 5.32 Å². The minimum absolute atomic E-state index is 0.0175. The zero-order valence-electron chi connectivity index (χ0n) is 18.9. The Morgan fingerprint density at radius 1 is 1.08 bits per heavy atom. The number of sulfonamides is 1. The monoisotopic (exact) mass is 541 g/mol. The summed E-state index contributed by atoms with van der Waals surface area (Å²) in [5, 5.41) is 3.24. The highest BCUT2D eigenvalue weighted by Crippen LogP contribution is 2.39. The zero-order valence-corrected chi connectivity index (χ0v) is 20.6. The summed E-state index contributed by atoms with van der Waals surface area (Å²) in [6.45, 7) is 0.326. The van der Waals surface area contributed by atoms with Gasteiger partial charge in [0.05, 0.1) is 11.2 Å². The van der Waals surface area contributed by atoms with E-state index in [1.165, 1.54) is 17.0 Å². The lowest BCUT2D eigenvalue weighted by Gasteiger charge is -2.24. The fourth-order valence-electron chi connectivity index (χ4n) is 5.01. The average molecular weight is 542 g/mol. The highest BCUT2D eigenvalue weighted by Gasteiger charge is 2.40. The van der Waals surface area contributed by atoms with E-state index in [2.05, 4.69) is 24.9 Å². The summed E-state index contributed by atoms with van der Waals surface area (Å²) in [5.41, 5.74) is 0.531. The summed E-state index contributed by atoms with van der Waals surface area (Å²) in [5.74, 6) is -0.532. The molecule has 5 rings (SSSR count). The molecule has 2 saturated heterocycles. The molecule has 0 amide bonds. The van der Waals surface area contributed by atoms with Crippen molar-refractivity contribution >= 4 is 32.9 Å². The van der Waals surface area contributed by atoms with Crippen LogP contribution < -0.4 is 10.0 Å². The minimum atomic E-state index is -4.94. The number of rotatable bonds is 8. The summed E-state index contributed by atoms with van der Waals surface area (Å²) in [6, 6.07) is 7.56. The van der Waals surface area contributed by atoms with Crippen molar-refractivity contribution < 1.29 is 26.0 Å². The molecule has 2 aromatic heterocycles. The van der Waals surface area contributed by atoms with Gasteiger partial charge in [0.1, 0.15) is 5.82 Å². The second-order valence-corrected chi connectivity index (χ2v) is 11.2. The van der Waals surface area contributed by atoms with Crippen molar-refractivity contribution in [1.29, 1.82) is 0 Å². The molecule has 0 spiro atoms. The molecule has 2 fully saturated rings. The predicted molar refractivity (Wildman–Crippen MR) is 127 cm³/mol. The number of pyridine rings is 1. The molecule has 0 unspecified atom stereocenters. The Morgan fingerprint density at radius 3 is 2.44 bits per heavy atom. The number of hydrogen-bond acceptors (Lipinski definition) is 7. The molecule has 2 N–H and O–H groups in total. The van der Waals surface area contributed by atoms with Gasteiger partial charge in [-0.25, -0.2) is 14.4 Å². The average Bonchev–Trinajstić information content (AvgIpc) is 3.56. The zero-order chi connectivity index (χ0) is 25.5. The highest BCUT2D eigenvalue weighted by molar-refractivity contribution is 7.92. The number of nitrogens with one attached hydrogen (secondary N) is 2.